The highest BCUT2D eigenvalue weighted by atomic mass is 79.9. The van der Waals surface area contributed by atoms with E-state index in [1.165, 1.54) is 30.3 Å². The molecule has 170 valence electrons. The van der Waals surface area contributed by atoms with Crippen molar-refractivity contribution in [3.05, 3.63) is 91.9 Å². The van der Waals surface area contributed by atoms with E-state index in [0.29, 0.717) is 10.0 Å². The zero-order valence-corrected chi connectivity index (χ0v) is 18.6. The van der Waals surface area contributed by atoms with Crippen molar-refractivity contribution in [1.82, 2.24) is 5.32 Å². The summed E-state index contributed by atoms with van der Waals surface area (Å²) in [5.41, 5.74) is 0.835. The Labute approximate surface area is 197 Å². The minimum Gasteiger partial charge on any atom is -0.432 e. The molecule has 2 amide bonds. The minimum absolute atomic E-state index is 0.180. The molecule has 0 aromatic heterocycles. The molecular formula is C22H12BrClF4N2O3. The predicted molar refractivity (Wildman–Crippen MR) is 116 cm³/mol. The summed E-state index contributed by atoms with van der Waals surface area (Å²) in [6, 6.07) is 8.63. The van der Waals surface area contributed by atoms with E-state index < -0.39 is 41.9 Å². The summed E-state index contributed by atoms with van der Waals surface area (Å²) in [5.74, 6) is -3.67. The third-order valence-electron chi connectivity index (χ3n) is 4.88. The molecule has 4 rings (SSSR count). The number of fused-ring (bicyclic) bond motifs is 1. The third-order valence-corrected chi connectivity index (χ3v) is 5.68. The monoisotopic (exact) mass is 542 g/mol. The highest BCUT2D eigenvalue weighted by molar-refractivity contribution is 9.10. The Bertz CT molecular complexity index is 1290. The zero-order valence-electron chi connectivity index (χ0n) is 16.3. The number of benzene rings is 3. The molecule has 2 N–H and O–H groups in total. The van der Waals surface area contributed by atoms with E-state index in [1.807, 2.05) is 0 Å². The van der Waals surface area contributed by atoms with Crippen molar-refractivity contribution in [2.75, 3.05) is 5.32 Å². The molecule has 0 saturated carbocycles. The van der Waals surface area contributed by atoms with Gasteiger partial charge >= 0.3 is 6.61 Å². The number of hydrogen-bond donors (Lipinski definition) is 2. The second kappa shape index (κ2) is 9.03. The first-order valence-corrected chi connectivity index (χ1v) is 10.5. The fraction of sp³-hybridized carbons (Fsp3) is 0.0909. The van der Waals surface area contributed by atoms with Gasteiger partial charge < -0.3 is 15.4 Å². The van der Waals surface area contributed by atoms with Crippen molar-refractivity contribution in [2.24, 2.45) is 0 Å². The molecule has 5 nitrogen and oxygen atoms in total. The first-order chi connectivity index (χ1) is 15.6. The van der Waals surface area contributed by atoms with Crippen LogP contribution in [0.3, 0.4) is 0 Å². The summed E-state index contributed by atoms with van der Waals surface area (Å²) in [4.78, 5) is 25.4. The Morgan fingerprint density at radius 2 is 1.88 bits per heavy atom. The Hall–Kier alpha value is -3.11. The molecule has 33 heavy (non-hydrogen) atoms. The number of nitrogens with one attached hydrogen (secondary N) is 2. The average molecular weight is 544 g/mol. The molecule has 0 radical (unpaired) electrons. The SMILES string of the molecule is O=C(Nc1cc(Br)cc2c1C(c1cc(F)ccc1Cl)NC2=O)c1ccc(OC(F)F)c(F)c1. The molecule has 1 aliphatic heterocycles. The summed E-state index contributed by atoms with van der Waals surface area (Å²) >= 11 is 9.49. The number of anilines is 1. The molecular weight excluding hydrogens is 532 g/mol. The highest BCUT2D eigenvalue weighted by Gasteiger charge is 2.34. The zero-order chi connectivity index (χ0) is 23.9. The molecule has 1 atom stereocenters. The summed E-state index contributed by atoms with van der Waals surface area (Å²) in [7, 11) is 0. The number of ether oxygens (including phenoxy) is 1. The van der Waals surface area contributed by atoms with Crippen molar-refractivity contribution in [3.63, 3.8) is 0 Å². The molecule has 0 bridgehead atoms. The first kappa shape index (κ1) is 23.1. The van der Waals surface area contributed by atoms with Gasteiger partial charge in [-0.3, -0.25) is 9.59 Å². The Morgan fingerprint density at radius 3 is 2.58 bits per heavy atom. The number of halogens is 6. The molecule has 0 saturated heterocycles. The lowest BCUT2D eigenvalue weighted by molar-refractivity contribution is -0.0521. The van der Waals surface area contributed by atoms with E-state index in [9.17, 15) is 27.2 Å². The van der Waals surface area contributed by atoms with Crippen LogP contribution in [0.15, 0.2) is 53.0 Å². The average Bonchev–Trinajstić information content (AvgIpc) is 3.07. The van der Waals surface area contributed by atoms with Crippen molar-refractivity contribution >= 4 is 45.0 Å². The third kappa shape index (κ3) is 4.67. The van der Waals surface area contributed by atoms with Gasteiger partial charge in [-0.15, -0.1) is 0 Å². The topological polar surface area (TPSA) is 67.4 Å². The number of hydrogen-bond acceptors (Lipinski definition) is 3. The molecule has 0 aliphatic carbocycles. The van der Waals surface area contributed by atoms with Crippen molar-refractivity contribution in [2.45, 2.75) is 12.7 Å². The van der Waals surface area contributed by atoms with E-state index in [1.54, 1.807) is 0 Å². The van der Waals surface area contributed by atoms with Gasteiger partial charge in [-0.2, -0.15) is 8.78 Å². The maximum Gasteiger partial charge on any atom is 0.387 e. The van der Waals surface area contributed by atoms with Crippen LogP contribution in [-0.4, -0.2) is 18.4 Å². The lowest BCUT2D eigenvalue weighted by atomic mass is 9.96. The van der Waals surface area contributed by atoms with Crippen LogP contribution in [0.2, 0.25) is 5.02 Å². The van der Waals surface area contributed by atoms with Crippen LogP contribution in [-0.2, 0) is 0 Å². The molecule has 3 aromatic carbocycles. The van der Waals surface area contributed by atoms with Crippen LogP contribution in [0.1, 0.15) is 37.9 Å². The van der Waals surface area contributed by atoms with Gasteiger partial charge in [-0.1, -0.05) is 27.5 Å². The van der Waals surface area contributed by atoms with Gasteiger partial charge in [0, 0.05) is 37.4 Å². The fourth-order valence-electron chi connectivity index (χ4n) is 3.50. The van der Waals surface area contributed by atoms with Crippen LogP contribution in [0, 0.1) is 11.6 Å². The molecule has 0 fully saturated rings. The van der Waals surface area contributed by atoms with Gasteiger partial charge in [-0.25, -0.2) is 8.78 Å². The number of alkyl halides is 2. The predicted octanol–water partition coefficient (Wildman–Crippen LogP) is 6.07. The lowest BCUT2D eigenvalue weighted by Crippen LogP contribution is -2.21. The van der Waals surface area contributed by atoms with Gasteiger partial charge in [0.25, 0.3) is 11.8 Å². The van der Waals surface area contributed by atoms with Crippen LogP contribution in [0.25, 0.3) is 0 Å². The molecule has 11 heteroatoms. The van der Waals surface area contributed by atoms with E-state index in [2.05, 4.69) is 31.3 Å². The van der Waals surface area contributed by atoms with E-state index >= 15 is 0 Å². The van der Waals surface area contributed by atoms with Crippen LogP contribution in [0.4, 0.5) is 23.2 Å². The summed E-state index contributed by atoms with van der Waals surface area (Å²) in [6.45, 7) is -3.22. The lowest BCUT2D eigenvalue weighted by Gasteiger charge is -2.18. The second-order valence-corrected chi connectivity index (χ2v) is 8.29. The van der Waals surface area contributed by atoms with Gasteiger partial charge in [-0.05, 0) is 48.5 Å². The van der Waals surface area contributed by atoms with Crippen LogP contribution < -0.4 is 15.4 Å². The normalized spacial score (nSPS) is 14.8. The number of carbonyl (C=O) groups excluding carboxylic acids is 2. The quantitative estimate of drug-likeness (QED) is 0.384. The van der Waals surface area contributed by atoms with E-state index in [4.69, 9.17) is 11.6 Å². The fourth-order valence-corrected chi connectivity index (χ4v) is 4.18. The summed E-state index contributed by atoms with van der Waals surface area (Å²) in [6.07, 6.45) is 0. The number of rotatable bonds is 5. The molecule has 1 unspecified atom stereocenters. The maximum atomic E-state index is 14.1. The van der Waals surface area contributed by atoms with E-state index in [-0.39, 0.29) is 27.4 Å². The minimum atomic E-state index is -3.22. The van der Waals surface area contributed by atoms with Crippen molar-refractivity contribution < 1.29 is 31.9 Å². The van der Waals surface area contributed by atoms with Gasteiger partial charge in [0.2, 0.25) is 0 Å². The number of carbonyl (C=O) groups is 2. The molecule has 3 aromatic rings. The number of amides is 2. The van der Waals surface area contributed by atoms with Crippen molar-refractivity contribution in [1.29, 1.82) is 0 Å². The second-order valence-electron chi connectivity index (χ2n) is 6.96. The molecule has 1 aliphatic rings. The Morgan fingerprint density at radius 1 is 1.12 bits per heavy atom. The Kier molecular flexibility index (Phi) is 6.31. The van der Waals surface area contributed by atoms with Crippen LogP contribution >= 0.6 is 27.5 Å². The highest BCUT2D eigenvalue weighted by Crippen LogP contribution is 2.41. The van der Waals surface area contributed by atoms with Crippen molar-refractivity contribution in [3.8, 4) is 5.75 Å². The maximum absolute atomic E-state index is 14.1. The van der Waals surface area contributed by atoms with Gasteiger partial charge in [0.05, 0.1) is 6.04 Å². The van der Waals surface area contributed by atoms with Crippen LogP contribution in [0.5, 0.6) is 5.75 Å². The standard InChI is InChI=1S/C22H12BrClF4N2O3/c23-10-6-13-18(19(30-21(13)32)12-8-11(25)2-3-14(12)24)16(7-10)29-20(31)9-1-4-17(15(26)5-9)33-22(27)28/h1-8,19,22H,(H,29,31)(H,30,32). The van der Waals surface area contributed by atoms with Gasteiger partial charge in [0.15, 0.2) is 11.6 Å². The smallest absolute Gasteiger partial charge is 0.387 e. The van der Waals surface area contributed by atoms with E-state index in [0.717, 1.165) is 18.2 Å². The Balaban J connectivity index is 1.72. The first-order valence-electron chi connectivity index (χ1n) is 9.29. The summed E-state index contributed by atoms with van der Waals surface area (Å²) in [5, 5.41) is 5.50. The molecule has 0 spiro atoms. The van der Waals surface area contributed by atoms with Gasteiger partial charge in [0.1, 0.15) is 5.82 Å². The molecule has 1 heterocycles. The largest absolute Gasteiger partial charge is 0.432 e. The summed E-state index contributed by atoms with van der Waals surface area (Å²) < 4.78 is 57.1.